The second kappa shape index (κ2) is 9.34. The summed E-state index contributed by atoms with van der Waals surface area (Å²) in [5.41, 5.74) is 1.44. The normalized spacial score (nSPS) is 11.4. The molecule has 4 rings (SSSR count). The van der Waals surface area contributed by atoms with Crippen LogP contribution in [0.4, 0.5) is 14.6 Å². The van der Waals surface area contributed by atoms with Crippen molar-refractivity contribution >= 4 is 18.0 Å². The number of aromatic nitrogens is 1. The summed E-state index contributed by atoms with van der Waals surface area (Å²) in [4.78, 5) is 28.0. The van der Waals surface area contributed by atoms with Gasteiger partial charge in [0, 0.05) is 16.8 Å². The maximum atomic E-state index is 13.8. The Morgan fingerprint density at radius 1 is 1.03 bits per heavy atom. The van der Waals surface area contributed by atoms with Gasteiger partial charge >= 0.3 is 0 Å². The summed E-state index contributed by atoms with van der Waals surface area (Å²) >= 11 is 0. The molecule has 0 saturated carbocycles. The number of fused-ring (bicyclic) bond motifs is 1. The van der Waals surface area contributed by atoms with Gasteiger partial charge in [0.25, 0.3) is 5.91 Å². The molecular weight excluding hydrogens is 406 g/mol. The number of nitrogens with zero attached hydrogens (tertiary/aromatic N) is 1. The largest absolute Gasteiger partial charge is 0.454 e. The number of hydrogen-bond acceptors (Lipinski definition) is 5. The van der Waals surface area contributed by atoms with E-state index < -0.39 is 23.1 Å². The molecule has 1 N–H and O–H groups in total. The molecule has 6 nitrogen and oxygen atoms in total. The number of carbonyl (C=O) groups excluding carboxylic acids is 2. The summed E-state index contributed by atoms with van der Waals surface area (Å²) in [6.45, 7) is 5.76. The van der Waals surface area contributed by atoms with Gasteiger partial charge in [0.1, 0.15) is 23.0 Å². The van der Waals surface area contributed by atoms with Crippen molar-refractivity contribution < 1.29 is 27.8 Å². The molecule has 2 heterocycles. The van der Waals surface area contributed by atoms with Crippen LogP contribution in [-0.2, 0) is 0 Å². The van der Waals surface area contributed by atoms with E-state index >= 15 is 0 Å². The average molecular weight is 426 g/mol. The maximum absolute atomic E-state index is 13.8. The van der Waals surface area contributed by atoms with Crippen LogP contribution in [0, 0.1) is 18.6 Å². The molecule has 2 aromatic carbocycles. The first-order chi connectivity index (χ1) is 15.0. The van der Waals surface area contributed by atoms with E-state index in [1.54, 1.807) is 25.1 Å². The molecule has 1 aliphatic rings. The number of carbonyl (C=O) groups is 2. The Kier molecular flexibility index (Phi) is 6.59. The summed E-state index contributed by atoms with van der Waals surface area (Å²) < 4.78 is 38.2. The number of nitrogens with one attached hydrogen (secondary N) is 1. The molecule has 8 heteroatoms. The van der Waals surface area contributed by atoms with E-state index in [1.165, 1.54) is 12.1 Å². The first kappa shape index (κ1) is 21.9. The van der Waals surface area contributed by atoms with Crippen LogP contribution in [0.15, 0.2) is 42.5 Å². The summed E-state index contributed by atoms with van der Waals surface area (Å²) in [5, 5.41) is 2.39. The van der Waals surface area contributed by atoms with E-state index in [0.717, 1.165) is 12.1 Å². The molecule has 3 aromatic rings. The minimum Gasteiger partial charge on any atom is -0.454 e. The van der Waals surface area contributed by atoms with Gasteiger partial charge in [0.05, 0.1) is 0 Å². The Labute approximate surface area is 177 Å². The molecule has 1 amide bonds. The first-order valence-corrected chi connectivity index (χ1v) is 9.60. The maximum Gasteiger partial charge on any atom is 0.262 e. The minimum absolute atomic E-state index is 0.0753. The molecular formula is C23H20F2N2O4. The second-order valence-electron chi connectivity index (χ2n) is 6.29. The van der Waals surface area contributed by atoms with E-state index in [1.807, 2.05) is 13.8 Å². The lowest BCUT2D eigenvalue weighted by Gasteiger charge is -2.12. The molecule has 0 aliphatic carbocycles. The summed E-state index contributed by atoms with van der Waals surface area (Å²) in [5.74, 6) is -1.77. The molecule has 31 heavy (non-hydrogen) atoms. The molecule has 0 radical (unpaired) electrons. The van der Waals surface area contributed by atoms with E-state index in [-0.39, 0.29) is 12.6 Å². The van der Waals surface area contributed by atoms with Crippen LogP contribution in [0.1, 0.15) is 40.3 Å². The third-order valence-electron chi connectivity index (χ3n) is 4.48. The Bertz CT molecular complexity index is 1130. The van der Waals surface area contributed by atoms with Crippen molar-refractivity contribution in [3.8, 4) is 22.6 Å². The van der Waals surface area contributed by atoms with Gasteiger partial charge in [-0.2, -0.15) is 0 Å². The van der Waals surface area contributed by atoms with Gasteiger partial charge in [-0.1, -0.05) is 19.9 Å². The van der Waals surface area contributed by atoms with Gasteiger partial charge in [-0.15, -0.1) is 0 Å². The quantitative estimate of drug-likeness (QED) is 0.584. The predicted octanol–water partition coefficient (Wildman–Crippen LogP) is 5.15. The Balaban J connectivity index is 0.00000132. The Morgan fingerprint density at radius 2 is 1.68 bits per heavy atom. The van der Waals surface area contributed by atoms with E-state index in [4.69, 9.17) is 9.47 Å². The minimum atomic E-state index is -0.966. The van der Waals surface area contributed by atoms with Crippen molar-refractivity contribution in [2.75, 3.05) is 12.1 Å². The van der Waals surface area contributed by atoms with Gasteiger partial charge in [-0.25, -0.2) is 13.8 Å². The number of rotatable bonds is 4. The van der Waals surface area contributed by atoms with Crippen LogP contribution >= 0.6 is 0 Å². The van der Waals surface area contributed by atoms with Crippen LogP contribution in [-0.4, -0.2) is 24.0 Å². The molecule has 0 spiro atoms. The van der Waals surface area contributed by atoms with Gasteiger partial charge in [0.15, 0.2) is 17.8 Å². The van der Waals surface area contributed by atoms with Crippen molar-refractivity contribution in [1.82, 2.24) is 4.98 Å². The van der Waals surface area contributed by atoms with Gasteiger partial charge in [-0.3, -0.25) is 9.59 Å². The number of amides is 1. The van der Waals surface area contributed by atoms with Crippen molar-refractivity contribution in [1.29, 1.82) is 0 Å². The van der Waals surface area contributed by atoms with Gasteiger partial charge in [0.2, 0.25) is 6.79 Å². The zero-order chi connectivity index (χ0) is 22.5. The molecule has 0 unspecified atom stereocenters. The second-order valence-corrected chi connectivity index (χ2v) is 6.29. The van der Waals surface area contributed by atoms with Crippen molar-refractivity contribution in [2.45, 2.75) is 20.8 Å². The summed E-state index contributed by atoms with van der Waals surface area (Å²) in [7, 11) is 0. The smallest absolute Gasteiger partial charge is 0.262 e. The highest BCUT2D eigenvalue weighted by Gasteiger charge is 2.20. The Morgan fingerprint density at radius 3 is 2.29 bits per heavy atom. The topological polar surface area (TPSA) is 77.5 Å². The standard InChI is InChI=1S/C21H14F2N2O4.C2H6/c1-11-13(14-8-18-17(28-10-29-18)7-12(14)9-26)5-6-19(24-11)25-21(27)20-15(22)3-2-4-16(20)23;1-2/h2-9H,10H2,1H3,(H,24,25,27);1-2H3. The lowest BCUT2D eigenvalue weighted by Crippen LogP contribution is -2.16. The fourth-order valence-corrected chi connectivity index (χ4v) is 3.10. The third kappa shape index (κ3) is 4.37. The first-order valence-electron chi connectivity index (χ1n) is 9.60. The highest BCUT2D eigenvalue weighted by Crippen LogP contribution is 2.39. The van der Waals surface area contributed by atoms with Crippen molar-refractivity contribution in [3.05, 3.63) is 70.9 Å². The van der Waals surface area contributed by atoms with Crippen molar-refractivity contribution in [2.24, 2.45) is 0 Å². The van der Waals surface area contributed by atoms with Gasteiger partial charge in [-0.05, 0) is 48.9 Å². The average Bonchev–Trinajstić information content (AvgIpc) is 3.22. The van der Waals surface area contributed by atoms with Crippen LogP contribution in [0.2, 0.25) is 0 Å². The summed E-state index contributed by atoms with van der Waals surface area (Å²) in [6.07, 6.45) is 0.702. The van der Waals surface area contributed by atoms with E-state index in [2.05, 4.69) is 10.3 Å². The number of benzene rings is 2. The van der Waals surface area contributed by atoms with Crippen LogP contribution in [0.5, 0.6) is 11.5 Å². The number of halogens is 2. The number of ether oxygens (including phenoxy) is 2. The van der Waals surface area contributed by atoms with Crippen molar-refractivity contribution in [3.63, 3.8) is 0 Å². The molecule has 0 fully saturated rings. The molecule has 1 aliphatic heterocycles. The predicted molar refractivity (Wildman–Crippen MR) is 112 cm³/mol. The number of aryl methyl sites for hydroxylation is 1. The fourth-order valence-electron chi connectivity index (χ4n) is 3.10. The summed E-state index contributed by atoms with van der Waals surface area (Å²) in [6, 6.07) is 9.58. The molecule has 0 atom stereocenters. The lowest BCUT2D eigenvalue weighted by atomic mass is 9.98. The zero-order valence-corrected chi connectivity index (χ0v) is 17.2. The number of pyridine rings is 1. The number of anilines is 1. The van der Waals surface area contributed by atoms with E-state index in [9.17, 15) is 18.4 Å². The molecule has 0 bridgehead atoms. The molecule has 160 valence electrons. The lowest BCUT2D eigenvalue weighted by molar-refractivity contribution is 0.101. The fraction of sp³-hybridized carbons (Fsp3) is 0.174. The van der Waals surface area contributed by atoms with E-state index in [0.29, 0.717) is 40.2 Å². The third-order valence-corrected chi connectivity index (χ3v) is 4.48. The molecule has 1 aromatic heterocycles. The zero-order valence-electron chi connectivity index (χ0n) is 17.2. The number of hydrogen-bond donors (Lipinski definition) is 1. The highest BCUT2D eigenvalue weighted by molar-refractivity contribution is 6.04. The van der Waals surface area contributed by atoms with Crippen LogP contribution in [0.25, 0.3) is 11.1 Å². The van der Waals surface area contributed by atoms with Crippen LogP contribution < -0.4 is 14.8 Å². The highest BCUT2D eigenvalue weighted by atomic mass is 19.1. The molecule has 0 saturated heterocycles. The number of aldehydes is 1. The Hall–Kier alpha value is -3.81. The SMILES string of the molecule is CC.Cc1nc(NC(=O)c2c(F)cccc2F)ccc1-c1cc2c(cc1C=O)OCO2. The monoisotopic (exact) mass is 426 g/mol. The van der Waals surface area contributed by atoms with Crippen LogP contribution in [0.3, 0.4) is 0 Å². The van der Waals surface area contributed by atoms with Gasteiger partial charge < -0.3 is 14.8 Å².